The van der Waals surface area contributed by atoms with Gasteiger partial charge in [0.05, 0.1) is 11.9 Å². The van der Waals surface area contributed by atoms with Gasteiger partial charge < -0.3 is 19.7 Å². The molecule has 2 aromatic carbocycles. The molecule has 2 aromatic rings. The molecule has 1 aliphatic rings. The minimum Gasteiger partial charge on any atom is -0.454 e. The molecule has 1 unspecified atom stereocenters. The molecule has 0 bridgehead atoms. The standard InChI is InChI=1S/C25H33N3O6S/c1-5-21(25(30)26-18(2)3)27(14-13-19-9-7-6-8-10-19)24(29)16-28(35(4,31)32)20-11-12-22-23(15-20)34-17-33-22/h6-12,15,18,21H,5,13-14,16-17H2,1-4H3,(H,26,30). The zero-order valence-corrected chi connectivity index (χ0v) is 21.4. The van der Waals surface area contributed by atoms with Crippen LogP contribution in [0.5, 0.6) is 11.5 Å². The minimum atomic E-state index is -3.81. The SMILES string of the molecule is CCC(C(=O)NC(C)C)N(CCc1ccccc1)C(=O)CN(c1ccc2c(c1)OCO2)S(C)(=O)=O. The minimum absolute atomic E-state index is 0.0486. The molecule has 0 saturated carbocycles. The first-order chi connectivity index (χ1) is 16.6. The molecule has 1 heterocycles. The van der Waals surface area contributed by atoms with Crippen LogP contribution in [0.1, 0.15) is 32.8 Å². The summed E-state index contributed by atoms with van der Waals surface area (Å²) in [6, 6.07) is 13.5. The summed E-state index contributed by atoms with van der Waals surface area (Å²) in [6.45, 7) is 5.41. The Hall–Kier alpha value is -3.27. The molecule has 0 spiro atoms. The van der Waals surface area contributed by atoms with Crippen molar-refractivity contribution < 1.29 is 27.5 Å². The summed E-state index contributed by atoms with van der Waals surface area (Å²) in [5.41, 5.74) is 1.30. The lowest BCUT2D eigenvalue weighted by Gasteiger charge is -2.33. The number of hydrogen-bond acceptors (Lipinski definition) is 6. The average Bonchev–Trinajstić information content (AvgIpc) is 3.27. The van der Waals surface area contributed by atoms with Crippen molar-refractivity contribution in [1.29, 1.82) is 0 Å². The van der Waals surface area contributed by atoms with E-state index in [4.69, 9.17) is 9.47 Å². The number of nitrogens with zero attached hydrogens (tertiary/aromatic N) is 2. The number of fused-ring (bicyclic) bond motifs is 1. The summed E-state index contributed by atoms with van der Waals surface area (Å²) in [4.78, 5) is 28.0. The van der Waals surface area contributed by atoms with Crippen LogP contribution in [0, 0.1) is 0 Å². The van der Waals surface area contributed by atoms with Gasteiger partial charge in [-0.2, -0.15) is 0 Å². The molecule has 0 fully saturated rings. The van der Waals surface area contributed by atoms with Gasteiger partial charge in [0.1, 0.15) is 12.6 Å². The highest BCUT2D eigenvalue weighted by molar-refractivity contribution is 7.92. The van der Waals surface area contributed by atoms with Crippen LogP contribution in [-0.2, 0) is 26.0 Å². The van der Waals surface area contributed by atoms with E-state index in [1.54, 1.807) is 12.1 Å². The van der Waals surface area contributed by atoms with Gasteiger partial charge in [-0.25, -0.2) is 8.42 Å². The second-order valence-corrected chi connectivity index (χ2v) is 10.6. The Morgan fingerprint density at radius 3 is 2.37 bits per heavy atom. The Bertz CT molecular complexity index is 1140. The quantitative estimate of drug-likeness (QED) is 0.505. The number of hydrogen-bond donors (Lipinski definition) is 1. The maximum atomic E-state index is 13.6. The summed E-state index contributed by atoms with van der Waals surface area (Å²) in [7, 11) is -3.81. The van der Waals surface area contributed by atoms with Crippen LogP contribution in [0.2, 0.25) is 0 Å². The molecule has 1 N–H and O–H groups in total. The Morgan fingerprint density at radius 2 is 1.74 bits per heavy atom. The molecule has 3 rings (SSSR count). The maximum absolute atomic E-state index is 13.6. The van der Waals surface area contributed by atoms with Crippen molar-refractivity contribution in [3.63, 3.8) is 0 Å². The van der Waals surface area contributed by atoms with Crippen LogP contribution in [0.15, 0.2) is 48.5 Å². The van der Waals surface area contributed by atoms with Gasteiger partial charge >= 0.3 is 0 Å². The zero-order chi connectivity index (χ0) is 25.6. The highest BCUT2D eigenvalue weighted by Crippen LogP contribution is 2.36. The van der Waals surface area contributed by atoms with E-state index in [-0.39, 0.29) is 31.0 Å². The highest BCUT2D eigenvalue weighted by atomic mass is 32.2. The Balaban J connectivity index is 1.89. The number of benzene rings is 2. The van der Waals surface area contributed by atoms with Crippen molar-refractivity contribution >= 4 is 27.5 Å². The molecule has 1 aliphatic heterocycles. The number of ether oxygens (including phenoxy) is 2. The van der Waals surface area contributed by atoms with Crippen LogP contribution in [0.4, 0.5) is 5.69 Å². The Morgan fingerprint density at radius 1 is 1.06 bits per heavy atom. The van der Waals surface area contributed by atoms with Gasteiger partial charge in [0, 0.05) is 18.7 Å². The number of amides is 2. The molecule has 2 amide bonds. The van der Waals surface area contributed by atoms with E-state index >= 15 is 0 Å². The van der Waals surface area contributed by atoms with Crippen molar-refractivity contribution in [3.05, 3.63) is 54.1 Å². The molecule has 0 saturated heterocycles. The second kappa shape index (κ2) is 11.4. The molecular formula is C25H33N3O6S. The van der Waals surface area contributed by atoms with Crippen LogP contribution in [0.3, 0.4) is 0 Å². The van der Waals surface area contributed by atoms with Crippen LogP contribution < -0.4 is 19.1 Å². The van der Waals surface area contributed by atoms with E-state index < -0.39 is 28.5 Å². The van der Waals surface area contributed by atoms with Crippen molar-refractivity contribution in [1.82, 2.24) is 10.2 Å². The number of anilines is 1. The topological polar surface area (TPSA) is 105 Å². The molecule has 1 atom stereocenters. The number of nitrogens with one attached hydrogen (secondary N) is 1. The summed E-state index contributed by atoms with van der Waals surface area (Å²) in [5, 5.41) is 2.88. The predicted octanol–water partition coefficient (Wildman–Crippen LogP) is 2.56. The second-order valence-electron chi connectivity index (χ2n) is 8.72. The highest BCUT2D eigenvalue weighted by Gasteiger charge is 2.32. The zero-order valence-electron chi connectivity index (χ0n) is 20.6. The van der Waals surface area contributed by atoms with E-state index in [2.05, 4.69) is 5.32 Å². The molecule has 0 radical (unpaired) electrons. The van der Waals surface area contributed by atoms with Gasteiger partial charge in [-0.1, -0.05) is 37.3 Å². The molecule has 9 nitrogen and oxygen atoms in total. The summed E-state index contributed by atoms with van der Waals surface area (Å²) in [6.07, 6.45) is 1.96. The first-order valence-electron chi connectivity index (χ1n) is 11.6. The molecule has 0 aromatic heterocycles. The summed E-state index contributed by atoms with van der Waals surface area (Å²) >= 11 is 0. The number of carbonyl (C=O) groups is 2. The van der Waals surface area contributed by atoms with E-state index in [0.717, 1.165) is 16.1 Å². The normalized spacial score (nSPS) is 13.4. The van der Waals surface area contributed by atoms with Gasteiger partial charge in [-0.15, -0.1) is 0 Å². The average molecular weight is 504 g/mol. The van der Waals surface area contributed by atoms with Gasteiger partial charge in [0.15, 0.2) is 11.5 Å². The number of sulfonamides is 1. The van der Waals surface area contributed by atoms with Crippen molar-refractivity contribution in [3.8, 4) is 11.5 Å². The van der Waals surface area contributed by atoms with E-state index in [0.29, 0.717) is 24.3 Å². The molecule has 10 heteroatoms. The monoisotopic (exact) mass is 503 g/mol. The number of carbonyl (C=O) groups excluding carboxylic acids is 2. The smallest absolute Gasteiger partial charge is 0.244 e. The Kier molecular flexibility index (Phi) is 8.61. The van der Waals surface area contributed by atoms with Gasteiger partial charge in [-0.3, -0.25) is 13.9 Å². The lowest BCUT2D eigenvalue weighted by molar-refractivity contribution is -0.139. The van der Waals surface area contributed by atoms with Crippen molar-refractivity contribution in [2.75, 3.05) is 30.4 Å². The third kappa shape index (κ3) is 6.88. The van der Waals surface area contributed by atoms with Gasteiger partial charge in [0.25, 0.3) is 0 Å². The van der Waals surface area contributed by atoms with E-state index in [9.17, 15) is 18.0 Å². The molecule has 0 aliphatic carbocycles. The lowest BCUT2D eigenvalue weighted by Crippen LogP contribution is -2.54. The summed E-state index contributed by atoms with van der Waals surface area (Å²) < 4.78 is 37.1. The predicted molar refractivity (Wildman–Crippen MR) is 134 cm³/mol. The van der Waals surface area contributed by atoms with Crippen molar-refractivity contribution in [2.24, 2.45) is 0 Å². The fourth-order valence-electron chi connectivity index (χ4n) is 3.93. The lowest BCUT2D eigenvalue weighted by atomic mass is 10.1. The third-order valence-corrected chi connectivity index (χ3v) is 6.76. The number of rotatable bonds is 11. The van der Waals surface area contributed by atoms with E-state index in [1.807, 2.05) is 51.1 Å². The van der Waals surface area contributed by atoms with Crippen LogP contribution in [-0.4, -0.2) is 63.4 Å². The van der Waals surface area contributed by atoms with Gasteiger partial charge in [-0.05, 0) is 44.4 Å². The first-order valence-corrected chi connectivity index (χ1v) is 13.5. The molecular weight excluding hydrogens is 470 g/mol. The summed E-state index contributed by atoms with van der Waals surface area (Å²) in [5.74, 6) is 0.189. The van der Waals surface area contributed by atoms with Crippen LogP contribution >= 0.6 is 0 Å². The Labute approximate surface area is 207 Å². The third-order valence-electron chi connectivity index (χ3n) is 5.62. The maximum Gasteiger partial charge on any atom is 0.244 e. The largest absolute Gasteiger partial charge is 0.454 e. The van der Waals surface area contributed by atoms with Gasteiger partial charge in [0.2, 0.25) is 28.6 Å². The molecule has 190 valence electrons. The van der Waals surface area contributed by atoms with E-state index in [1.165, 1.54) is 11.0 Å². The fraction of sp³-hybridized carbons (Fsp3) is 0.440. The van der Waals surface area contributed by atoms with Crippen molar-refractivity contribution in [2.45, 2.75) is 45.7 Å². The van der Waals surface area contributed by atoms with Crippen LogP contribution in [0.25, 0.3) is 0 Å². The first kappa shape index (κ1) is 26.3. The molecule has 35 heavy (non-hydrogen) atoms. The fourth-order valence-corrected chi connectivity index (χ4v) is 4.77.